The Balaban J connectivity index is 1.83. The molecule has 100 valence electrons. The van der Waals surface area contributed by atoms with Crippen LogP contribution in [0.2, 0.25) is 0 Å². The van der Waals surface area contributed by atoms with Crippen molar-refractivity contribution in [1.29, 1.82) is 0 Å². The molecule has 0 radical (unpaired) electrons. The summed E-state index contributed by atoms with van der Waals surface area (Å²) in [5.41, 5.74) is 0. The molecule has 0 amide bonds. The van der Waals surface area contributed by atoms with Crippen LogP contribution in [0.4, 0.5) is 0 Å². The van der Waals surface area contributed by atoms with Crippen LogP contribution in [0.15, 0.2) is 0 Å². The van der Waals surface area contributed by atoms with Gasteiger partial charge in [-0.2, -0.15) is 0 Å². The van der Waals surface area contributed by atoms with E-state index in [0.717, 1.165) is 19.8 Å². The maximum Gasteiger partial charge on any atom is 0.105 e. The normalized spacial score (nSPS) is 31.6. The molecule has 0 aromatic rings. The van der Waals surface area contributed by atoms with Crippen LogP contribution < -0.4 is 5.32 Å². The van der Waals surface area contributed by atoms with E-state index in [1.165, 1.54) is 44.9 Å². The monoisotopic (exact) mass is 241 g/mol. The van der Waals surface area contributed by atoms with Crippen LogP contribution in [-0.2, 0) is 9.47 Å². The van der Waals surface area contributed by atoms with Crippen molar-refractivity contribution in [3.63, 3.8) is 0 Å². The maximum absolute atomic E-state index is 6.18. The highest BCUT2D eigenvalue weighted by Gasteiger charge is 2.28. The summed E-state index contributed by atoms with van der Waals surface area (Å²) < 4.78 is 11.4. The third-order valence-corrected chi connectivity index (χ3v) is 3.83. The van der Waals surface area contributed by atoms with Gasteiger partial charge in [0.1, 0.15) is 6.10 Å². The lowest BCUT2D eigenvalue weighted by atomic mass is 9.93. The molecule has 0 aromatic carbocycles. The lowest BCUT2D eigenvalue weighted by Gasteiger charge is -2.36. The van der Waals surface area contributed by atoms with Gasteiger partial charge in [0.15, 0.2) is 0 Å². The first-order valence-electron chi connectivity index (χ1n) is 7.36. The molecule has 1 aliphatic carbocycles. The molecule has 1 saturated heterocycles. The quantitative estimate of drug-likeness (QED) is 0.802. The van der Waals surface area contributed by atoms with Crippen LogP contribution >= 0.6 is 0 Å². The Hall–Kier alpha value is -0.120. The molecule has 17 heavy (non-hydrogen) atoms. The maximum atomic E-state index is 6.18. The van der Waals surface area contributed by atoms with Gasteiger partial charge in [0.25, 0.3) is 0 Å². The first kappa shape index (κ1) is 13.3. The lowest BCUT2D eigenvalue weighted by Crippen LogP contribution is -2.48. The van der Waals surface area contributed by atoms with Gasteiger partial charge >= 0.3 is 0 Å². The van der Waals surface area contributed by atoms with E-state index >= 15 is 0 Å². The van der Waals surface area contributed by atoms with Crippen LogP contribution in [0.3, 0.4) is 0 Å². The van der Waals surface area contributed by atoms with Crippen molar-refractivity contribution < 1.29 is 9.47 Å². The molecule has 2 unspecified atom stereocenters. The Morgan fingerprint density at radius 2 is 1.88 bits per heavy atom. The molecule has 3 nitrogen and oxygen atoms in total. The molecule has 0 aromatic heterocycles. The molecule has 1 aliphatic heterocycles. The number of hydrogen-bond donors (Lipinski definition) is 1. The third-order valence-electron chi connectivity index (χ3n) is 3.83. The summed E-state index contributed by atoms with van der Waals surface area (Å²) in [5.74, 6) is 0. The summed E-state index contributed by atoms with van der Waals surface area (Å²) in [6.07, 6.45) is 9.92. The van der Waals surface area contributed by atoms with Crippen LogP contribution in [0, 0.1) is 0 Å². The van der Waals surface area contributed by atoms with Gasteiger partial charge in [0.05, 0.1) is 19.3 Å². The van der Waals surface area contributed by atoms with Crippen LogP contribution in [0.25, 0.3) is 0 Å². The molecular weight excluding hydrogens is 214 g/mol. The van der Waals surface area contributed by atoms with Crippen molar-refractivity contribution in [3.05, 3.63) is 0 Å². The fourth-order valence-corrected chi connectivity index (χ4v) is 2.72. The van der Waals surface area contributed by atoms with Crippen molar-refractivity contribution in [2.24, 2.45) is 0 Å². The zero-order valence-corrected chi connectivity index (χ0v) is 11.1. The van der Waals surface area contributed by atoms with Gasteiger partial charge in [-0.25, -0.2) is 0 Å². The Kier molecular flexibility index (Phi) is 5.75. The molecule has 2 fully saturated rings. The van der Waals surface area contributed by atoms with E-state index in [2.05, 4.69) is 12.2 Å². The first-order chi connectivity index (χ1) is 8.40. The smallest absolute Gasteiger partial charge is 0.105 e. The predicted octanol–water partition coefficient (Wildman–Crippen LogP) is 2.49. The van der Waals surface area contributed by atoms with Crippen molar-refractivity contribution in [2.75, 3.05) is 19.8 Å². The third kappa shape index (κ3) is 4.23. The molecule has 2 rings (SSSR count). The molecule has 2 atom stereocenters. The van der Waals surface area contributed by atoms with Gasteiger partial charge in [-0.1, -0.05) is 32.6 Å². The Morgan fingerprint density at radius 1 is 1.12 bits per heavy atom. The number of nitrogens with one attached hydrogen (secondary N) is 1. The second-order valence-electron chi connectivity index (χ2n) is 5.39. The van der Waals surface area contributed by atoms with E-state index in [1.807, 2.05) is 0 Å². The average molecular weight is 241 g/mol. The molecule has 0 bridgehead atoms. The zero-order valence-electron chi connectivity index (χ0n) is 11.1. The van der Waals surface area contributed by atoms with Crippen LogP contribution in [0.1, 0.15) is 51.9 Å². The van der Waals surface area contributed by atoms with Gasteiger partial charge in [-0.15, -0.1) is 0 Å². The van der Waals surface area contributed by atoms with Gasteiger partial charge in [0, 0.05) is 6.04 Å². The van der Waals surface area contributed by atoms with Gasteiger partial charge in [0.2, 0.25) is 0 Å². The second-order valence-corrected chi connectivity index (χ2v) is 5.39. The molecule has 3 heteroatoms. The van der Waals surface area contributed by atoms with Gasteiger partial charge in [-0.3, -0.25) is 0 Å². The lowest BCUT2D eigenvalue weighted by molar-refractivity contribution is -0.163. The summed E-state index contributed by atoms with van der Waals surface area (Å²) in [7, 11) is 0. The molecule has 1 heterocycles. The molecule has 1 N–H and O–H groups in total. The van der Waals surface area contributed by atoms with Crippen LogP contribution in [0.5, 0.6) is 0 Å². The largest absolute Gasteiger partial charge is 0.376 e. The number of ether oxygens (including phenoxy) is 2. The van der Waals surface area contributed by atoms with Crippen molar-refractivity contribution in [1.82, 2.24) is 5.32 Å². The highest BCUT2D eigenvalue weighted by atomic mass is 16.6. The van der Waals surface area contributed by atoms with Gasteiger partial charge < -0.3 is 14.8 Å². The Morgan fingerprint density at radius 3 is 2.53 bits per heavy atom. The standard InChI is InChI=1S/C14H27NO2/c1-2-9-15-13-7-5-3-4-6-8-14(13)17-12-10-16-11-12/h12-15H,2-11H2,1H3. The highest BCUT2D eigenvalue weighted by molar-refractivity contribution is 4.81. The van der Waals surface area contributed by atoms with Crippen LogP contribution in [-0.4, -0.2) is 38.0 Å². The molecule has 1 saturated carbocycles. The first-order valence-corrected chi connectivity index (χ1v) is 7.36. The van der Waals surface area contributed by atoms with Crippen molar-refractivity contribution in [3.8, 4) is 0 Å². The summed E-state index contributed by atoms with van der Waals surface area (Å²) in [6.45, 7) is 4.95. The van der Waals surface area contributed by atoms with E-state index in [-0.39, 0.29) is 0 Å². The predicted molar refractivity (Wildman–Crippen MR) is 69.3 cm³/mol. The fraction of sp³-hybridized carbons (Fsp3) is 1.00. The summed E-state index contributed by atoms with van der Waals surface area (Å²) in [6, 6.07) is 0.566. The number of hydrogen-bond acceptors (Lipinski definition) is 3. The van der Waals surface area contributed by atoms with E-state index in [0.29, 0.717) is 18.2 Å². The minimum atomic E-state index is 0.366. The molecule has 2 aliphatic rings. The van der Waals surface area contributed by atoms with E-state index in [4.69, 9.17) is 9.47 Å². The molecular formula is C14H27NO2. The van der Waals surface area contributed by atoms with E-state index < -0.39 is 0 Å². The molecule has 0 spiro atoms. The van der Waals surface area contributed by atoms with Crippen molar-refractivity contribution >= 4 is 0 Å². The van der Waals surface area contributed by atoms with E-state index in [1.54, 1.807) is 0 Å². The zero-order chi connectivity index (χ0) is 11.9. The number of rotatable bonds is 5. The highest BCUT2D eigenvalue weighted by Crippen LogP contribution is 2.23. The minimum absolute atomic E-state index is 0.366. The average Bonchev–Trinajstić information content (AvgIpc) is 2.25. The second kappa shape index (κ2) is 7.34. The Labute approximate surface area is 105 Å². The summed E-state index contributed by atoms with van der Waals surface area (Å²) in [5, 5.41) is 3.68. The summed E-state index contributed by atoms with van der Waals surface area (Å²) in [4.78, 5) is 0. The van der Waals surface area contributed by atoms with Crippen molar-refractivity contribution in [2.45, 2.75) is 70.1 Å². The topological polar surface area (TPSA) is 30.5 Å². The van der Waals surface area contributed by atoms with E-state index in [9.17, 15) is 0 Å². The summed E-state index contributed by atoms with van der Waals surface area (Å²) >= 11 is 0. The fourth-order valence-electron chi connectivity index (χ4n) is 2.72. The van der Waals surface area contributed by atoms with Gasteiger partial charge in [-0.05, 0) is 25.8 Å². The minimum Gasteiger partial charge on any atom is -0.376 e. The SMILES string of the molecule is CCCNC1CCCCCCC1OC1COC1. The Bertz CT molecular complexity index is 204.